The van der Waals surface area contributed by atoms with Gasteiger partial charge in [-0.25, -0.2) is 0 Å². The van der Waals surface area contributed by atoms with E-state index in [4.69, 9.17) is 4.74 Å². The van der Waals surface area contributed by atoms with Crippen molar-refractivity contribution in [1.82, 2.24) is 5.32 Å². The largest absolute Gasteiger partial charge is 0.483 e. The monoisotopic (exact) mass is 317 g/mol. The number of hydrogen-bond donors (Lipinski definition) is 1. The van der Waals surface area contributed by atoms with Gasteiger partial charge < -0.3 is 10.1 Å². The highest BCUT2D eigenvalue weighted by Gasteiger charge is 2.15. The first-order valence-corrected chi connectivity index (χ1v) is 9.09. The first kappa shape index (κ1) is 17.8. The molecule has 0 saturated heterocycles. The zero-order valence-electron chi connectivity index (χ0n) is 14.9. The molecule has 0 heterocycles. The molecular formula is C20H31NO2. The summed E-state index contributed by atoms with van der Waals surface area (Å²) in [4.78, 5) is 12.2. The molecule has 1 aromatic rings. The standard InChI is InChI=1S/C20H31NO2/c1-15(2)18-12-11-16(3)13-19(18)23-14-20(22)21-17-9-7-5-4-6-8-10-17/h11-13,15,17H,4-10,14H2,1-3H3,(H,21,22). The molecule has 1 N–H and O–H groups in total. The number of carbonyl (C=O) groups excluding carboxylic acids is 1. The van der Waals surface area contributed by atoms with Gasteiger partial charge in [-0.2, -0.15) is 0 Å². The molecule has 0 aliphatic heterocycles. The number of nitrogens with one attached hydrogen (secondary N) is 1. The zero-order valence-corrected chi connectivity index (χ0v) is 14.9. The Morgan fingerprint density at radius 3 is 2.48 bits per heavy atom. The molecule has 23 heavy (non-hydrogen) atoms. The second-order valence-corrected chi connectivity index (χ2v) is 7.09. The Balaban J connectivity index is 1.87. The summed E-state index contributed by atoms with van der Waals surface area (Å²) in [6, 6.07) is 6.55. The van der Waals surface area contributed by atoms with Crippen molar-refractivity contribution in [2.24, 2.45) is 0 Å². The molecule has 0 spiro atoms. The molecule has 1 aliphatic carbocycles. The Labute approximate surface area is 140 Å². The summed E-state index contributed by atoms with van der Waals surface area (Å²) in [5, 5.41) is 3.16. The lowest BCUT2D eigenvalue weighted by Crippen LogP contribution is -2.38. The molecule has 1 aliphatic rings. The van der Waals surface area contributed by atoms with Crippen molar-refractivity contribution in [2.75, 3.05) is 6.61 Å². The van der Waals surface area contributed by atoms with Crippen LogP contribution in [0.25, 0.3) is 0 Å². The van der Waals surface area contributed by atoms with E-state index >= 15 is 0 Å². The van der Waals surface area contributed by atoms with Crippen molar-refractivity contribution in [3.05, 3.63) is 29.3 Å². The van der Waals surface area contributed by atoms with Crippen LogP contribution in [0.1, 0.15) is 75.8 Å². The molecule has 0 bridgehead atoms. The van der Waals surface area contributed by atoms with Crippen LogP contribution in [-0.4, -0.2) is 18.6 Å². The second-order valence-electron chi connectivity index (χ2n) is 7.09. The number of hydrogen-bond acceptors (Lipinski definition) is 2. The predicted octanol–water partition coefficient (Wildman–Crippen LogP) is 4.73. The van der Waals surface area contributed by atoms with Crippen LogP contribution in [-0.2, 0) is 4.79 Å². The smallest absolute Gasteiger partial charge is 0.258 e. The summed E-state index contributed by atoms with van der Waals surface area (Å²) in [7, 11) is 0. The van der Waals surface area contributed by atoms with E-state index in [1.54, 1.807) is 0 Å². The lowest BCUT2D eigenvalue weighted by molar-refractivity contribution is -0.123. The summed E-state index contributed by atoms with van der Waals surface area (Å²) < 4.78 is 5.83. The minimum Gasteiger partial charge on any atom is -0.483 e. The summed E-state index contributed by atoms with van der Waals surface area (Å²) in [5.74, 6) is 1.24. The van der Waals surface area contributed by atoms with E-state index in [0.717, 1.165) is 29.7 Å². The first-order valence-electron chi connectivity index (χ1n) is 9.09. The maximum atomic E-state index is 12.2. The summed E-state index contributed by atoms with van der Waals surface area (Å²) in [5.41, 5.74) is 2.32. The van der Waals surface area contributed by atoms with Crippen LogP contribution in [0, 0.1) is 6.92 Å². The molecule has 1 aromatic carbocycles. The molecule has 0 aromatic heterocycles. The summed E-state index contributed by atoms with van der Waals surface area (Å²) >= 11 is 0. The van der Waals surface area contributed by atoms with Gasteiger partial charge in [-0.1, -0.05) is 58.1 Å². The van der Waals surface area contributed by atoms with Gasteiger partial charge in [-0.05, 0) is 42.9 Å². The number of ether oxygens (including phenoxy) is 1. The minimum absolute atomic E-state index is 0.00628. The lowest BCUT2D eigenvalue weighted by Gasteiger charge is -2.21. The topological polar surface area (TPSA) is 38.3 Å². The molecule has 128 valence electrons. The Morgan fingerprint density at radius 1 is 1.17 bits per heavy atom. The SMILES string of the molecule is Cc1ccc(C(C)C)c(OCC(=O)NC2CCCCCCC2)c1. The van der Waals surface area contributed by atoms with Crippen LogP contribution in [0.5, 0.6) is 5.75 Å². The van der Waals surface area contributed by atoms with Crippen molar-refractivity contribution in [2.45, 2.75) is 77.7 Å². The Bertz CT molecular complexity index is 502. The maximum Gasteiger partial charge on any atom is 0.258 e. The van der Waals surface area contributed by atoms with E-state index in [1.807, 2.05) is 13.0 Å². The molecular weight excluding hydrogens is 286 g/mol. The average molecular weight is 317 g/mol. The van der Waals surface area contributed by atoms with E-state index in [9.17, 15) is 4.79 Å². The predicted molar refractivity (Wildman–Crippen MR) is 95.0 cm³/mol. The minimum atomic E-state index is 0.00628. The number of rotatable bonds is 5. The average Bonchev–Trinajstić information content (AvgIpc) is 2.47. The van der Waals surface area contributed by atoms with Gasteiger partial charge >= 0.3 is 0 Å². The fraction of sp³-hybridized carbons (Fsp3) is 0.650. The van der Waals surface area contributed by atoms with Gasteiger partial charge in [0.2, 0.25) is 0 Å². The maximum absolute atomic E-state index is 12.2. The second kappa shape index (κ2) is 8.95. The van der Waals surface area contributed by atoms with Gasteiger partial charge in [-0.15, -0.1) is 0 Å². The van der Waals surface area contributed by atoms with E-state index in [0.29, 0.717) is 12.0 Å². The van der Waals surface area contributed by atoms with Crippen molar-refractivity contribution in [3.63, 3.8) is 0 Å². The van der Waals surface area contributed by atoms with Crippen LogP contribution in [0.15, 0.2) is 18.2 Å². The van der Waals surface area contributed by atoms with Crippen LogP contribution in [0.3, 0.4) is 0 Å². The molecule has 0 radical (unpaired) electrons. The number of amides is 1. The first-order chi connectivity index (χ1) is 11.1. The van der Waals surface area contributed by atoms with E-state index in [2.05, 4.69) is 31.3 Å². The third kappa shape index (κ3) is 5.89. The van der Waals surface area contributed by atoms with Crippen LogP contribution < -0.4 is 10.1 Å². The van der Waals surface area contributed by atoms with Gasteiger partial charge in [0, 0.05) is 6.04 Å². The Kier molecular flexibility index (Phi) is 6.94. The Morgan fingerprint density at radius 2 is 1.83 bits per heavy atom. The highest BCUT2D eigenvalue weighted by atomic mass is 16.5. The molecule has 1 amide bonds. The third-order valence-corrected chi connectivity index (χ3v) is 4.62. The van der Waals surface area contributed by atoms with Crippen LogP contribution in [0.2, 0.25) is 0 Å². The normalized spacial score (nSPS) is 16.7. The van der Waals surface area contributed by atoms with Gasteiger partial charge in [0.1, 0.15) is 5.75 Å². The van der Waals surface area contributed by atoms with Crippen molar-refractivity contribution in [3.8, 4) is 5.75 Å². The fourth-order valence-electron chi connectivity index (χ4n) is 3.26. The number of benzene rings is 1. The lowest BCUT2D eigenvalue weighted by atomic mass is 9.97. The number of aryl methyl sites for hydroxylation is 1. The highest BCUT2D eigenvalue weighted by Crippen LogP contribution is 2.27. The van der Waals surface area contributed by atoms with E-state index in [1.165, 1.54) is 32.1 Å². The Hall–Kier alpha value is -1.51. The van der Waals surface area contributed by atoms with Crippen LogP contribution in [0.4, 0.5) is 0 Å². The van der Waals surface area contributed by atoms with Crippen molar-refractivity contribution < 1.29 is 9.53 Å². The van der Waals surface area contributed by atoms with E-state index in [-0.39, 0.29) is 12.5 Å². The molecule has 0 unspecified atom stereocenters. The molecule has 1 fully saturated rings. The van der Waals surface area contributed by atoms with Gasteiger partial charge in [-0.3, -0.25) is 4.79 Å². The fourth-order valence-corrected chi connectivity index (χ4v) is 3.26. The number of carbonyl (C=O) groups is 1. The van der Waals surface area contributed by atoms with E-state index < -0.39 is 0 Å². The third-order valence-electron chi connectivity index (χ3n) is 4.62. The van der Waals surface area contributed by atoms with Gasteiger partial charge in [0.15, 0.2) is 6.61 Å². The summed E-state index contributed by atoms with van der Waals surface area (Å²) in [6.45, 7) is 6.45. The van der Waals surface area contributed by atoms with Crippen molar-refractivity contribution in [1.29, 1.82) is 0 Å². The molecule has 3 nitrogen and oxygen atoms in total. The molecule has 2 rings (SSSR count). The molecule has 0 atom stereocenters. The molecule has 3 heteroatoms. The highest BCUT2D eigenvalue weighted by molar-refractivity contribution is 5.77. The molecule has 1 saturated carbocycles. The van der Waals surface area contributed by atoms with Gasteiger partial charge in [0.25, 0.3) is 5.91 Å². The van der Waals surface area contributed by atoms with Crippen LogP contribution >= 0.6 is 0 Å². The van der Waals surface area contributed by atoms with Crippen molar-refractivity contribution >= 4 is 5.91 Å². The quantitative estimate of drug-likeness (QED) is 0.853. The summed E-state index contributed by atoms with van der Waals surface area (Å²) in [6.07, 6.45) is 8.59. The van der Waals surface area contributed by atoms with Gasteiger partial charge in [0.05, 0.1) is 0 Å². The zero-order chi connectivity index (χ0) is 16.7.